The summed E-state index contributed by atoms with van der Waals surface area (Å²) in [6.45, 7) is 7.30. The molecule has 2 aromatic carbocycles. The molecule has 7 nitrogen and oxygen atoms in total. The van der Waals surface area contributed by atoms with E-state index in [9.17, 15) is 22.4 Å². The van der Waals surface area contributed by atoms with Crippen LogP contribution in [0.1, 0.15) is 46.1 Å². The number of hydrogen-bond acceptors (Lipinski definition) is 4. The summed E-state index contributed by atoms with van der Waals surface area (Å²) in [5, 5.41) is 3.59. The zero-order valence-electron chi connectivity index (χ0n) is 21.0. The van der Waals surface area contributed by atoms with Crippen LogP contribution in [0.15, 0.2) is 42.5 Å². The topological polar surface area (TPSA) is 86.8 Å². The van der Waals surface area contributed by atoms with Crippen molar-refractivity contribution in [1.82, 2.24) is 10.2 Å². The number of nitrogens with zero attached hydrogens (tertiary/aromatic N) is 2. The summed E-state index contributed by atoms with van der Waals surface area (Å²) < 4.78 is 39.1. The highest BCUT2D eigenvalue weighted by atomic mass is 35.5. The lowest BCUT2D eigenvalue weighted by atomic mass is 10.1. The summed E-state index contributed by atoms with van der Waals surface area (Å²) in [6, 6.07) is 9.27. The molecule has 0 bridgehead atoms. The lowest BCUT2D eigenvalue weighted by Crippen LogP contribution is -2.52. The molecule has 2 rings (SSSR count). The molecule has 198 valence electrons. The maximum Gasteiger partial charge on any atom is 0.242 e. The highest BCUT2D eigenvalue weighted by Crippen LogP contribution is 2.24. The van der Waals surface area contributed by atoms with E-state index >= 15 is 0 Å². The van der Waals surface area contributed by atoms with Gasteiger partial charge in [0, 0.05) is 25.0 Å². The zero-order chi connectivity index (χ0) is 27.3. The first-order chi connectivity index (χ1) is 16.6. The van der Waals surface area contributed by atoms with Crippen molar-refractivity contribution in [2.24, 2.45) is 0 Å². The quantitative estimate of drug-likeness (QED) is 0.443. The average Bonchev–Trinajstić information content (AvgIpc) is 2.75. The number of hydrogen-bond donors (Lipinski definition) is 1. The molecule has 1 atom stereocenters. The van der Waals surface area contributed by atoms with Crippen LogP contribution in [0.3, 0.4) is 0 Å². The number of anilines is 1. The van der Waals surface area contributed by atoms with Crippen LogP contribution in [-0.4, -0.2) is 49.5 Å². The second-order valence-corrected chi connectivity index (χ2v) is 12.3. The van der Waals surface area contributed by atoms with E-state index in [2.05, 4.69) is 5.32 Å². The number of sulfonamides is 1. The maximum atomic E-state index is 13.3. The lowest BCUT2D eigenvalue weighted by Gasteiger charge is -2.32. The molecular weight excluding hydrogens is 528 g/mol. The Labute approximate surface area is 222 Å². The van der Waals surface area contributed by atoms with Gasteiger partial charge in [-0.2, -0.15) is 0 Å². The first-order valence-corrected chi connectivity index (χ1v) is 14.0. The van der Waals surface area contributed by atoms with E-state index in [4.69, 9.17) is 23.2 Å². The molecule has 1 unspecified atom stereocenters. The third-order valence-corrected chi connectivity index (χ3v) is 7.20. The van der Waals surface area contributed by atoms with Crippen molar-refractivity contribution in [2.75, 3.05) is 17.1 Å². The Bertz CT molecular complexity index is 1180. The number of amides is 2. The van der Waals surface area contributed by atoms with Gasteiger partial charge in [0.15, 0.2) is 0 Å². The van der Waals surface area contributed by atoms with Crippen molar-refractivity contribution < 1.29 is 22.4 Å². The van der Waals surface area contributed by atoms with Crippen LogP contribution in [0.25, 0.3) is 0 Å². The third-order valence-electron chi connectivity index (χ3n) is 5.27. The van der Waals surface area contributed by atoms with Crippen LogP contribution in [0.4, 0.5) is 10.1 Å². The van der Waals surface area contributed by atoms with Crippen molar-refractivity contribution in [3.8, 4) is 0 Å². The van der Waals surface area contributed by atoms with Gasteiger partial charge in [-0.15, -0.1) is 0 Å². The minimum Gasteiger partial charge on any atom is -0.350 e. The first-order valence-electron chi connectivity index (χ1n) is 11.4. The molecule has 2 amide bonds. The second-order valence-electron chi connectivity index (χ2n) is 9.60. The van der Waals surface area contributed by atoms with E-state index in [0.717, 1.165) is 10.6 Å². The molecule has 1 N–H and O–H groups in total. The zero-order valence-corrected chi connectivity index (χ0v) is 23.3. The van der Waals surface area contributed by atoms with E-state index in [0.29, 0.717) is 21.3 Å². The van der Waals surface area contributed by atoms with Gasteiger partial charge in [0.25, 0.3) is 0 Å². The van der Waals surface area contributed by atoms with Gasteiger partial charge in [0.1, 0.15) is 11.9 Å². The molecule has 0 heterocycles. The normalized spacial score (nSPS) is 12.7. The van der Waals surface area contributed by atoms with Gasteiger partial charge in [0.2, 0.25) is 21.8 Å². The molecule has 0 aromatic heterocycles. The predicted molar refractivity (Wildman–Crippen MR) is 142 cm³/mol. The fraction of sp³-hybridized carbons (Fsp3) is 0.440. The Balaban J connectivity index is 2.21. The van der Waals surface area contributed by atoms with Crippen LogP contribution in [0.5, 0.6) is 0 Å². The van der Waals surface area contributed by atoms with Crippen molar-refractivity contribution in [1.29, 1.82) is 0 Å². The molecule has 0 radical (unpaired) electrons. The molecule has 36 heavy (non-hydrogen) atoms. The van der Waals surface area contributed by atoms with Crippen molar-refractivity contribution in [3.63, 3.8) is 0 Å². The number of rotatable bonds is 10. The van der Waals surface area contributed by atoms with Gasteiger partial charge in [-0.05, 0) is 76.1 Å². The molecule has 0 aliphatic rings. The monoisotopic (exact) mass is 559 g/mol. The molecule has 11 heteroatoms. The van der Waals surface area contributed by atoms with Crippen molar-refractivity contribution in [2.45, 2.75) is 58.7 Å². The minimum atomic E-state index is -3.66. The molecular formula is C25H32Cl2FN3O4S. The van der Waals surface area contributed by atoms with Crippen LogP contribution in [-0.2, 0) is 26.2 Å². The molecule has 0 aliphatic heterocycles. The SMILES string of the molecule is CC(C(=O)NC(C)(C)C)N(Cc1ccc(Cl)c(Cl)c1)C(=O)CCCN(c1ccc(F)cc1)S(C)(=O)=O. The van der Waals surface area contributed by atoms with E-state index < -0.39 is 27.4 Å². The number of halogens is 3. The van der Waals surface area contributed by atoms with Gasteiger partial charge < -0.3 is 10.2 Å². The molecule has 0 saturated carbocycles. The predicted octanol–water partition coefficient (Wildman–Crippen LogP) is 5.01. The van der Waals surface area contributed by atoms with E-state index in [-0.39, 0.29) is 37.7 Å². The number of nitrogens with one attached hydrogen (secondary N) is 1. The van der Waals surface area contributed by atoms with Crippen LogP contribution in [0.2, 0.25) is 10.0 Å². The Morgan fingerprint density at radius 3 is 2.19 bits per heavy atom. The first kappa shape index (κ1) is 29.9. The van der Waals surface area contributed by atoms with Gasteiger partial charge >= 0.3 is 0 Å². The van der Waals surface area contributed by atoms with E-state index in [1.165, 1.54) is 29.2 Å². The Morgan fingerprint density at radius 1 is 1.06 bits per heavy atom. The van der Waals surface area contributed by atoms with Crippen molar-refractivity contribution in [3.05, 3.63) is 63.9 Å². The molecule has 0 aliphatic carbocycles. The van der Waals surface area contributed by atoms with E-state index in [1.807, 2.05) is 20.8 Å². The summed E-state index contributed by atoms with van der Waals surface area (Å²) in [4.78, 5) is 27.6. The van der Waals surface area contributed by atoms with Gasteiger partial charge in [-0.1, -0.05) is 29.3 Å². The Hall–Kier alpha value is -2.36. The lowest BCUT2D eigenvalue weighted by molar-refractivity contribution is -0.141. The molecule has 0 spiro atoms. The summed E-state index contributed by atoms with van der Waals surface area (Å²) in [5.41, 5.74) is 0.503. The van der Waals surface area contributed by atoms with Gasteiger partial charge in [0.05, 0.1) is 22.0 Å². The van der Waals surface area contributed by atoms with Crippen LogP contribution < -0.4 is 9.62 Å². The highest BCUT2D eigenvalue weighted by molar-refractivity contribution is 7.92. The van der Waals surface area contributed by atoms with Crippen LogP contribution >= 0.6 is 23.2 Å². The highest BCUT2D eigenvalue weighted by Gasteiger charge is 2.28. The third kappa shape index (κ3) is 8.94. The maximum absolute atomic E-state index is 13.3. The Morgan fingerprint density at radius 2 is 1.67 bits per heavy atom. The summed E-state index contributed by atoms with van der Waals surface area (Å²) in [5.74, 6) is -1.13. The van der Waals surface area contributed by atoms with E-state index in [1.54, 1.807) is 25.1 Å². The number of carbonyl (C=O) groups is 2. The number of benzene rings is 2. The standard InChI is InChI=1S/C25H32Cl2FN3O4S/c1-17(24(33)29-25(2,3)4)30(16-18-8-13-21(26)22(27)15-18)23(32)7-6-14-31(36(5,34)35)20-11-9-19(28)10-12-20/h8-13,15,17H,6-7,14,16H2,1-5H3,(H,29,33). The van der Waals surface area contributed by atoms with Gasteiger partial charge in [-0.25, -0.2) is 12.8 Å². The molecule has 2 aromatic rings. The van der Waals surface area contributed by atoms with Crippen molar-refractivity contribution >= 4 is 50.7 Å². The fourth-order valence-corrected chi connectivity index (χ4v) is 4.79. The second kappa shape index (κ2) is 12.3. The molecule has 0 saturated heterocycles. The molecule has 0 fully saturated rings. The summed E-state index contributed by atoms with van der Waals surface area (Å²) in [7, 11) is -3.66. The van der Waals surface area contributed by atoms with Gasteiger partial charge in [-0.3, -0.25) is 13.9 Å². The smallest absolute Gasteiger partial charge is 0.242 e. The number of carbonyl (C=O) groups excluding carboxylic acids is 2. The largest absolute Gasteiger partial charge is 0.350 e. The fourth-order valence-electron chi connectivity index (χ4n) is 3.50. The van der Waals surface area contributed by atoms with Crippen LogP contribution in [0, 0.1) is 5.82 Å². The Kier molecular flexibility index (Phi) is 10.2. The summed E-state index contributed by atoms with van der Waals surface area (Å²) in [6.07, 6.45) is 1.23. The summed E-state index contributed by atoms with van der Waals surface area (Å²) >= 11 is 12.1. The average molecular weight is 561 g/mol. The minimum absolute atomic E-state index is 0.0122.